The summed E-state index contributed by atoms with van der Waals surface area (Å²) in [6, 6.07) is 13.1. The lowest BCUT2D eigenvalue weighted by Crippen LogP contribution is -2.34. The lowest BCUT2D eigenvalue weighted by Gasteiger charge is -2.18. The summed E-state index contributed by atoms with van der Waals surface area (Å²) in [6.07, 6.45) is 2.04. The van der Waals surface area contributed by atoms with E-state index in [4.69, 9.17) is 4.74 Å². The third kappa shape index (κ3) is 4.70. The molecule has 6 heteroatoms. The molecule has 1 aromatic heterocycles. The topological polar surface area (TPSA) is 74.7 Å². The number of nitrogens with zero attached hydrogens (tertiary/aromatic N) is 2. The van der Waals surface area contributed by atoms with Crippen molar-refractivity contribution in [1.82, 2.24) is 9.88 Å². The number of amides is 2. The van der Waals surface area contributed by atoms with E-state index in [1.807, 2.05) is 30.3 Å². The highest BCUT2D eigenvalue weighted by Crippen LogP contribution is 2.21. The van der Waals surface area contributed by atoms with Crippen molar-refractivity contribution in [1.29, 1.82) is 0 Å². The summed E-state index contributed by atoms with van der Waals surface area (Å²) in [5.41, 5.74) is 1.70. The van der Waals surface area contributed by atoms with Gasteiger partial charge in [0.25, 0.3) is 0 Å². The molecule has 0 aliphatic carbocycles. The van der Waals surface area contributed by atoms with E-state index in [-0.39, 0.29) is 11.9 Å². The normalized spacial score (nSPS) is 18.0. The van der Waals surface area contributed by atoms with Crippen molar-refractivity contribution >= 4 is 11.7 Å². The number of pyridine rings is 1. The van der Waals surface area contributed by atoms with Crippen LogP contribution >= 0.6 is 0 Å². The number of urea groups is 1. The average Bonchev–Trinajstić information content (AvgIpc) is 3.12. The molecule has 1 saturated heterocycles. The first-order chi connectivity index (χ1) is 12.1. The fourth-order valence-corrected chi connectivity index (χ4v) is 2.87. The zero-order valence-corrected chi connectivity index (χ0v) is 14.3. The monoisotopic (exact) mass is 341 g/mol. The number of likely N-dealkylation sites (tertiary alicyclic amines) is 1. The van der Waals surface area contributed by atoms with Gasteiger partial charge in [-0.3, -0.25) is 0 Å². The largest absolute Gasteiger partial charge is 0.473 e. The highest BCUT2D eigenvalue weighted by molar-refractivity contribution is 5.89. The van der Waals surface area contributed by atoms with Crippen LogP contribution in [0, 0.1) is 5.92 Å². The molecule has 0 radical (unpaired) electrons. The number of hydrogen-bond donors (Lipinski definition) is 2. The lowest BCUT2D eigenvalue weighted by atomic mass is 10.0. The summed E-state index contributed by atoms with van der Waals surface area (Å²) in [6.45, 7) is 3.43. The summed E-state index contributed by atoms with van der Waals surface area (Å²) < 4.78 is 5.68. The van der Waals surface area contributed by atoms with Crippen molar-refractivity contribution in [2.24, 2.45) is 5.92 Å². The number of aromatic nitrogens is 1. The molecule has 3 rings (SSSR count). The number of benzene rings is 1. The lowest BCUT2D eigenvalue weighted by molar-refractivity contribution is 0.130. The third-order valence-corrected chi connectivity index (χ3v) is 4.41. The van der Waals surface area contributed by atoms with E-state index in [2.05, 4.69) is 10.3 Å². The molecule has 1 fully saturated rings. The number of rotatable bonds is 5. The molecule has 25 heavy (non-hydrogen) atoms. The van der Waals surface area contributed by atoms with E-state index in [9.17, 15) is 9.90 Å². The van der Waals surface area contributed by atoms with Gasteiger partial charge in [-0.15, -0.1) is 0 Å². The Kier molecular flexibility index (Phi) is 5.50. The second kappa shape index (κ2) is 7.98. The van der Waals surface area contributed by atoms with E-state index in [0.29, 0.717) is 31.3 Å². The number of carbonyl (C=O) groups is 1. The average molecular weight is 341 g/mol. The highest BCUT2D eigenvalue weighted by atomic mass is 16.5. The van der Waals surface area contributed by atoms with Gasteiger partial charge < -0.3 is 20.1 Å². The summed E-state index contributed by atoms with van der Waals surface area (Å²) in [7, 11) is 0. The van der Waals surface area contributed by atoms with Crippen LogP contribution in [0.3, 0.4) is 0 Å². The van der Waals surface area contributed by atoms with Crippen LogP contribution in [-0.2, 0) is 6.61 Å². The minimum absolute atomic E-state index is 0.146. The number of aliphatic hydroxyl groups excluding tert-OH is 1. The van der Waals surface area contributed by atoms with E-state index in [1.165, 1.54) is 0 Å². The fourth-order valence-electron chi connectivity index (χ4n) is 2.87. The molecule has 1 aromatic carbocycles. The zero-order chi connectivity index (χ0) is 17.6. The number of nitrogens with one attached hydrogen (secondary N) is 1. The standard InChI is InChI=1S/C19H23N3O3/c1-14(23)16-8-10-22(12-16)19(24)21-17-7-9-20-18(11-17)25-13-15-5-3-2-4-6-15/h2-7,9,11,14,16,23H,8,10,12-13H2,1H3,(H,20,21,24)/t14-,16+/m0/s1. The Morgan fingerprint density at radius 3 is 2.92 bits per heavy atom. The van der Waals surface area contributed by atoms with Crippen molar-refractivity contribution in [2.45, 2.75) is 26.1 Å². The van der Waals surface area contributed by atoms with Crippen molar-refractivity contribution in [3.05, 3.63) is 54.2 Å². The minimum atomic E-state index is -0.392. The molecule has 0 unspecified atom stereocenters. The number of carbonyl (C=O) groups excluding carboxylic acids is 1. The summed E-state index contributed by atoms with van der Waals surface area (Å²) >= 11 is 0. The molecule has 6 nitrogen and oxygen atoms in total. The molecule has 2 heterocycles. The predicted octanol–water partition coefficient (Wildman–Crippen LogP) is 2.90. The summed E-state index contributed by atoms with van der Waals surface area (Å²) in [4.78, 5) is 18.2. The van der Waals surface area contributed by atoms with E-state index < -0.39 is 6.10 Å². The Bertz CT molecular complexity index is 706. The van der Waals surface area contributed by atoms with Crippen molar-refractivity contribution in [3.8, 4) is 5.88 Å². The zero-order valence-electron chi connectivity index (χ0n) is 14.3. The van der Waals surface area contributed by atoms with Crippen LogP contribution in [0.2, 0.25) is 0 Å². The van der Waals surface area contributed by atoms with Gasteiger partial charge in [-0.1, -0.05) is 30.3 Å². The molecular weight excluding hydrogens is 318 g/mol. The minimum Gasteiger partial charge on any atom is -0.473 e. The maximum atomic E-state index is 12.3. The van der Waals surface area contributed by atoms with E-state index in [0.717, 1.165) is 12.0 Å². The highest BCUT2D eigenvalue weighted by Gasteiger charge is 2.29. The number of ether oxygens (including phenoxy) is 1. The van der Waals surface area contributed by atoms with Crippen LogP contribution in [0.15, 0.2) is 48.7 Å². The van der Waals surface area contributed by atoms with Gasteiger partial charge >= 0.3 is 6.03 Å². The quantitative estimate of drug-likeness (QED) is 0.877. The molecular formula is C19H23N3O3. The predicted molar refractivity (Wildman–Crippen MR) is 95.4 cm³/mol. The molecule has 132 valence electrons. The maximum absolute atomic E-state index is 12.3. The van der Waals surface area contributed by atoms with Crippen molar-refractivity contribution < 1.29 is 14.6 Å². The first-order valence-electron chi connectivity index (χ1n) is 8.48. The summed E-state index contributed by atoms with van der Waals surface area (Å²) in [5.74, 6) is 0.609. The second-order valence-electron chi connectivity index (χ2n) is 6.32. The molecule has 2 N–H and O–H groups in total. The van der Waals surface area contributed by atoms with Crippen LogP contribution in [0.4, 0.5) is 10.5 Å². The third-order valence-electron chi connectivity index (χ3n) is 4.41. The maximum Gasteiger partial charge on any atom is 0.321 e. The summed E-state index contributed by atoms with van der Waals surface area (Å²) in [5, 5.41) is 12.5. The molecule has 2 atom stereocenters. The molecule has 2 aromatic rings. The Balaban J connectivity index is 1.55. The van der Waals surface area contributed by atoms with Gasteiger partial charge in [-0.2, -0.15) is 0 Å². The van der Waals surface area contributed by atoms with Gasteiger partial charge in [0.1, 0.15) is 6.61 Å². The Morgan fingerprint density at radius 1 is 1.40 bits per heavy atom. The van der Waals surface area contributed by atoms with Crippen molar-refractivity contribution in [2.75, 3.05) is 18.4 Å². The van der Waals surface area contributed by atoms with Gasteiger partial charge in [-0.25, -0.2) is 9.78 Å². The number of hydrogen-bond acceptors (Lipinski definition) is 4. The van der Waals surface area contributed by atoms with Crippen LogP contribution in [0.25, 0.3) is 0 Å². The molecule has 1 aliphatic heterocycles. The fraction of sp³-hybridized carbons (Fsp3) is 0.368. The molecule has 0 spiro atoms. The molecule has 1 aliphatic rings. The molecule has 2 amide bonds. The molecule has 0 saturated carbocycles. The molecule has 0 bridgehead atoms. The first-order valence-corrected chi connectivity index (χ1v) is 8.48. The second-order valence-corrected chi connectivity index (χ2v) is 6.32. The van der Waals surface area contributed by atoms with Gasteiger partial charge in [-0.05, 0) is 25.0 Å². The van der Waals surface area contributed by atoms with E-state index in [1.54, 1.807) is 30.2 Å². The Labute approximate surface area is 147 Å². The Morgan fingerprint density at radius 2 is 2.20 bits per heavy atom. The first kappa shape index (κ1) is 17.2. The van der Waals surface area contributed by atoms with Crippen molar-refractivity contribution in [3.63, 3.8) is 0 Å². The van der Waals surface area contributed by atoms with Gasteiger partial charge in [0.2, 0.25) is 5.88 Å². The van der Waals surface area contributed by atoms with Gasteiger partial charge in [0.05, 0.1) is 6.10 Å². The Hall–Kier alpha value is -2.60. The smallest absolute Gasteiger partial charge is 0.321 e. The SMILES string of the molecule is C[C@H](O)[C@@H]1CCN(C(=O)Nc2ccnc(OCc3ccccc3)c2)C1. The van der Waals surface area contributed by atoms with Crippen LogP contribution in [-0.4, -0.2) is 40.2 Å². The van der Waals surface area contributed by atoms with Crippen LogP contribution in [0.1, 0.15) is 18.9 Å². The number of aliphatic hydroxyl groups is 1. The van der Waals surface area contributed by atoms with E-state index >= 15 is 0 Å². The van der Waals surface area contributed by atoms with Gasteiger partial charge in [0, 0.05) is 37.0 Å². The van der Waals surface area contributed by atoms with Gasteiger partial charge in [0.15, 0.2) is 0 Å². The van der Waals surface area contributed by atoms with Crippen LogP contribution < -0.4 is 10.1 Å². The number of anilines is 1. The van der Waals surface area contributed by atoms with Crippen LogP contribution in [0.5, 0.6) is 5.88 Å².